The maximum atomic E-state index is 14.0. The molecule has 0 saturated heterocycles. The number of aliphatic hydroxyl groups is 1. The predicted octanol–water partition coefficient (Wildman–Crippen LogP) is 3.35. The van der Waals surface area contributed by atoms with E-state index in [-0.39, 0.29) is 17.9 Å². The van der Waals surface area contributed by atoms with Crippen molar-refractivity contribution in [2.24, 2.45) is 0 Å². The molecular formula is C25H28FN5O4S. The molecule has 190 valence electrons. The molecule has 9 nitrogen and oxygen atoms in total. The minimum Gasteiger partial charge on any atom is -0.492 e. The van der Waals surface area contributed by atoms with E-state index in [2.05, 4.69) is 27.2 Å². The van der Waals surface area contributed by atoms with Gasteiger partial charge in [-0.3, -0.25) is 9.82 Å². The fraction of sp³-hybridized carbons (Fsp3) is 0.240. The number of sulfonamides is 1. The zero-order valence-corrected chi connectivity index (χ0v) is 20.5. The molecule has 4 rings (SSSR count). The fourth-order valence-corrected chi connectivity index (χ4v) is 4.92. The highest BCUT2D eigenvalue weighted by Gasteiger charge is 2.20. The van der Waals surface area contributed by atoms with Crippen molar-refractivity contribution >= 4 is 32.3 Å². The lowest BCUT2D eigenvalue weighted by Gasteiger charge is -2.15. The maximum Gasteiger partial charge on any atom is 0.264 e. The Kier molecular flexibility index (Phi) is 7.73. The maximum absolute atomic E-state index is 14.0. The van der Waals surface area contributed by atoms with Gasteiger partial charge in [0, 0.05) is 35.9 Å². The normalized spacial score (nSPS) is 12.5. The Morgan fingerprint density at radius 1 is 1.17 bits per heavy atom. The van der Waals surface area contributed by atoms with Crippen molar-refractivity contribution in [2.45, 2.75) is 24.3 Å². The molecule has 1 unspecified atom stereocenters. The first-order valence-electron chi connectivity index (χ1n) is 11.4. The van der Waals surface area contributed by atoms with Crippen LogP contribution in [0.3, 0.4) is 0 Å². The van der Waals surface area contributed by atoms with Crippen LogP contribution in [0.4, 0.5) is 15.8 Å². The van der Waals surface area contributed by atoms with E-state index < -0.39 is 26.8 Å². The predicted molar refractivity (Wildman–Crippen MR) is 137 cm³/mol. The van der Waals surface area contributed by atoms with Crippen LogP contribution in [0.25, 0.3) is 10.9 Å². The first kappa shape index (κ1) is 25.4. The number of H-pyrrole nitrogens is 1. The van der Waals surface area contributed by atoms with E-state index in [4.69, 9.17) is 10.5 Å². The Morgan fingerprint density at radius 3 is 2.81 bits per heavy atom. The third kappa shape index (κ3) is 5.93. The monoisotopic (exact) mass is 513 g/mol. The Bertz CT molecular complexity index is 1460. The standard InChI is InChI=1S/C25H28FN5O4S/c1-2-22-20-8-7-19(14-23(20)30-29-22)35-11-10-28-15-24(32)16-4-3-5-18(12-16)31-36(33,34)25-13-17(27)6-9-21(25)26/h3-9,12-14,24,28,31-32H,2,10-11,15,27H2,1H3,(H,29,30). The quantitative estimate of drug-likeness (QED) is 0.153. The van der Waals surface area contributed by atoms with Gasteiger partial charge in [-0.05, 0) is 54.4 Å². The van der Waals surface area contributed by atoms with E-state index >= 15 is 0 Å². The van der Waals surface area contributed by atoms with E-state index in [1.165, 1.54) is 18.2 Å². The molecule has 1 atom stereocenters. The molecule has 0 fully saturated rings. The Balaban J connectivity index is 1.29. The van der Waals surface area contributed by atoms with Crippen LogP contribution in [0, 0.1) is 5.82 Å². The molecule has 6 N–H and O–H groups in total. The summed E-state index contributed by atoms with van der Waals surface area (Å²) in [4.78, 5) is -0.549. The second-order valence-corrected chi connectivity index (χ2v) is 9.87. The van der Waals surface area contributed by atoms with Gasteiger partial charge in [0.05, 0.1) is 17.3 Å². The number of anilines is 2. The number of rotatable bonds is 11. The summed E-state index contributed by atoms with van der Waals surface area (Å²) in [5.41, 5.74) is 8.35. The molecule has 0 saturated carbocycles. The number of aromatic nitrogens is 2. The molecular weight excluding hydrogens is 485 g/mol. The number of aromatic amines is 1. The van der Waals surface area contributed by atoms with Crippen molar-refractivity contribution in [1.29, 1.82) is 0 Å². The fourth-order valence-electron chi connectivity index (χ4n) is 3.76. The van der Waals surface area contributed by atoms with Gasteiger partial charge in [0.25, 0.3) is 10.0 Å². The van der Waals surface area contributed by atoms with Gasteiger partial charge >= 0.3 is 0 Å². The van der Waals surface area contributed by atoms with E-state index in [9.17, 15) is 17.9 Å². The lowest BCUT2D eigenvalue weighted by Crippen LogP contribution is -2.26. The summed E-state index contributed by atoms with van der Waals surface area (Å²) in [6, 6.07) is 15.4. The molecule has 1 aromatic heterocycles. The topological polar surface area (TPSA) is 142 Å². The zero-order valence-electron chi connectivity index (χ0n) is 19.7. The van der Waals surface area contributed by atoms with E-state index in [1.54, 1.807) is 12.1 Å². The molecule has 0 spiro atoms. The molecule has 36 heavy (non-hydrogen) atoms. The van der Waals surface area contributed by atoms with Gasteiger partial charge in [-0.15, -0.1) is 0 Å². The van der Waals surface area contributed by atoms with Crippen LogP contribution in [-0.4, -0.2) is 43.4 Å². The van der Waals surface area contributed by atoms with Gasteiger partial charge in [-0.1, -0.05) is 19.1 Å². The molecule has 0 amide bonds. The summed E-state index contributed by atoms with van der Waals surface area (Å²) in [6.45, 7) is 3.15. The van der Waals surface area contributed by atoms with Crippen LogP contribution >= 0.6 is 0 Å². The lowest BCUT2D eigenvalue weighted by atomic mass is 10.1. The van der Waals surface area contributed by atoms with E-state index in [0.717, 1.165) is 35.2 Å². The SMILES string of the molecule is CCc1n[nH]c2cc(OCCNCC(O)c3cccc(NS(=O)(=O)c4cc(N)ccc4F)c3)ccc12. The Morgan fingerprint density at radius 2 is 2.00 bits per heavy atom. The molecule has 3 aromatic carbocycles. The number of ether oxygens (including phenoxy) is 1. The Labute approximate surface area is 208 Å². The van der Waals surface area contributed by atoms with Gasteiger partial charge in [-0.2, -0.15) is 5.10 Å². The number of hydrogen-bond acceptors (Lipinski definition) is 7. The molecule has 0 aliphatic heterocycles. The van der Waals surface area contributed by atoms with Gasteiger partial charge in [-0.25, -0.2) is 12.8 Å². The van der Waals surface area contributed by atoms with Gasteiger partial charge < -0.3 is 20.9 Å². The van der Waals surface area contributed by atoms with Crippen molar-refractivity contribution in [3.05, 3.63) is 77.7 Å². The molecule has 1 heterocycles. The van der Waals surface area contributed by atoms with Crippen molar-refractivity contribution in [3.63, 3.8) is 0 Å². The average Bonchev–Trinajstić information content (AvgIpc) is 3.27. The molecule has 0 radical (unpaired) electrons. The van der Waals surface area contributed by atoms with Crippen LogP contribution < -0.4 is 20.5 Å². The first-order chi connectivity index (χ1) is 17.3. The smallest absolute Gasteiger partial charge is 0.264 e. The number of nitrogens with two attached hydrogens (primary N) is 1. The number of aliphatic hydroxyl groups excluding tert-OH is 1. The summed E-state index contributed by atoms with van der Waals surface area (Å²) in [5.74, 6) is -0.192. The number of aryl methyl sites for hydroxylation is 1. The van der Waals surface area contributed by atoms with Crippen LogP contribution in [0.1, 0.15) is 24.3 Å². The molecule has 0 aliphatic carbocycles. The van der Waals surface area contributed by atoms with Crippen molar-refractivity contribution in [1.82, 2.24) is 15.5 Å². The lowest BCUT2D eigenvalue weighted by molar-refractivity contribution is 0.172. The number of fused-ring (bicyclic) bond motifs is 1. The number of nitrogen functional groups attached to an aromatic ring is 1. The third-order valence-corrected chi connectivity index (χ3v) is 7.00. The van der Waals surface area contributed by atoms with Crippen LogP contribution in [0.5, 0.6) is 5.75 Å². The summed E-state index contributed by atoms with van der Waals surface area (Å²) in [7, 11) is -4.20. The largest absolute Gasteiger partial charge is 0.492 e. The highest BCUT2D eigenvalue weighted by molar-refractivity contribution is 7.92. The molecule has 0 bridgehead atoms. The second-order valence-electron chi connectivity index (χ2n) is 8.22. The zero-order chi connectivity index (χ0) is 25.7. The number of nitrogens with one attached hydrogen (secondary N) is 3. The second kappa shape index (κ2) is 10.9. The van der Waals surface area contributed by atoms with Crippen LogP contribution in [0.15, 0.2) is 65.6 Å². The average molecular weight is 514 g/mol. The summed E-state index contributed by atoms with van der Waals surface area (Å²) in [6.07, 6.45) is -0.0468. The third-order valence-electron chi connectivity index (χ3n) is 5.60. The summed E-state index contributed by atoms with van der Waals surface area (Å²) < 4.78 is 47.3. The number of benzene rings is 3. The highest BCUT2D eigenvalue weighted by Crippen LogP contribution is 2.24. The summed E-state index contributed by atoms with van der Waals surface area (Å²) in [5, 5.41) is 22.0. The number of halogens is 1. The molecule has 0 aliphatic rings. The Hall–Kier alpha value is -3.67. The van der Waals surface area contributed by atoms with Crippen molar-refractivity contribution in [3.8, 4) is 5.75 Å². The molecule has 11 heteroatoms. The van der Waals surface area contributed by atoms with E-state index in [1.807, 2.05) is 18.2 Å². The van der Waals surface area contributed by atoms with Gasteiger partial charge in [0.15, 0.2) is 0 Å². The minimum absolute atomic E-state index is 0.128. The highest BCUT2D eigenvalue weighted by atomic mass is 32.2. The summed E-state index contributed by atoms with van der Waals surface area (Å²) >= 11 is 0. The van der Waals surface area contributed by atoms with E-state index in [0.29, 0.717) is 24.5 Å². The van der Waals surface area contributed by atoms with Crippen molar-refractivity contribution in [2.75, 3.05) is 30.2 Å². The minimum atomic E-state index is -4.20. The van der Waals surface area contributed by atoms with Gasteiger partial charge in [0.1, 0.15) is 23.1 Å². The van der Waals surface area contributed by atoms with Gasteiger partial charge in [0.2, 0.25) is 0 Å². The number of hydrogen-bond donors (Lipinski definition) is 5. The van der Waals surface area contributed by atoms with Crippen molar-refractivity contribution < 1.29 is 22.7 Å². The molecule has 4 aromatic rings. The first-order valence-corrected chi connectivity index (χ1v) is 12.9. The van der Waals surface area contributed by atoms with Crippen LogP contribution in [-0.2, 0) is 16.4 Å². The van der Waals surface area contributed by atoms with Crippen LogP contribution in [0.2, 0.25) is 0 Å². The number of nitrogens with zero attached hydrogens (tertiary/aromatic N) is 1.